The van der Waals surface area contributed by atoms with Crippen LogP contribution in [0.3, 0.4) is 0 Å². The summed E-state index contributed by atoms with van der Waals surface area (Å²) in [5.74, 6) is 1.62. The molecule has 2 saturated heterocycles. The van der Waals surface area contributed by atoms with Gasteiger partial charge in [-0.3, -0.25) is 0 Å². The van der Waals surface area contributed by atoms with Gasteiger partial charge in [0.25, 0.3) is 0 Å². The lowest BCUT2D eigenvalue weighted by Crippen LogP contribution is -2.28. The molecule has 2 heteroatoms. The van der Waals surface area contributed by atoms with Crippen LogP contribution in [-0.2, 0) is 6.42 Å². The van der Waals surface area contributed by atoms with Crippen LogP contribution in [0.15, 0.2) is 30.3 Å². The lowest BCUT2D eigenvalue weighted by Gasteiger charge is -2.26. The first-order valence-electron chi connectivity index (χ1n) is 9.55. The van der Waals surface area contributed by atoms with Gasteiger partial charge < -0.3 is 10.2 Å². The summed E-state index contributed by atoms with van der Waals surface area (Å²) in [4.78, 5) is 2.65. The second-order valence-electron chi connectivity index (χ2n) is 7.74. The van der Waals surface area contributed by atoms with Crippen molar-refractivity contribution in [3.63, 3.8) is 0 Å². The maximum Gasteiger partial charge on any atom is 0.00675 e. The summed E-state index contributed by atoms with van der Waals surface area (Å²) in [5, 5.41) is 3.58. The highest BCUT2D eigenvalue weighted by Crippen LogP contribution is 2.38. The van der Waals surface area contributed by atoms with Gasteiger partial charge in [-0.25, -0.2) is 0 Å². The van der Waals surface area contributed by atoms with Gasteiger partial charge in [0.1, 0.15) is 0 Å². The number of hydrogen-bond acceptors (Lipinski definition) is 2. The molecule has 0 radical (unpaired) electrons. The van der Waals surface area contributed by atoms with Gasteiger partial charge in [0.2, 0.25) is 0 Å². The van der Waals surface area contributed by atoms with Gasteiger partial charge in [-0.2, -0.15) is 0 Å². The molecule has 23 heavy (non-hydrogen) atoms. The molecule has 2 aliphatic heterocycles. The third-order valence-electron chi connectivity index (χ3n) is 6.31. The molecule has 0 bridgehead atoms. The van der Waals surface area contributed by atoms with E-state index in [1.54, 1.807) is 5.57 Å². The molecule has 2 nitrogen and oxygen atoms in total. The minimum Gasteiger partial charge on any atom is -0.316 e. The van der Waals surface area contributed by atoms with Crippen LogP contribution in [0.2, 0.25) is 0 Å². The number of likely N-dealkylation sites (tertiary alicyclic amines) is 1. The SMILES string of the molecule is C[C@@H]1CCCN1CCc1ccc(C2=CCC[C@H]3CNCC23)cc1. The maximum absolute atomic E-state index is 3.58. The fraction of sp³-hybridized carbons (Fsp3) is 0.619. The lowest BCUT2D eigenvalue weighted by molar-refractivity contribution is 0.272. The Morgan fingerprint density at radius 2 is 2.00 bits per heavy atom. The summed E-state index contributed by atoms with van der Waals surface area (Å²) in [6, 6.07) is 10.3. The molecule has 1 aliphatic carbocycles. The fourth-order valence-electron chi connectivity index (χ4n) is 4.80. The van der Waals surface area contributed by atoms with E-state index in [1.807, 2.05) is 0 Å². The van der Waals surface area contributed by atoms with E-state index >= 15 is 0 Å². The summed E-state index contributed by atoms with van der Waals surface area (Å²) < 4.78 is 0. The zero-order valence-corrected chi connectivity index (χ0v) is 14.4. The molecular weight excluding hydrogens is 280 g/mol. The van der Waals surface area contributed by atoms with Crippen molar-refractivity contribution < 1.29 is 0 Å². The fourth-order valence-corrected chi connectivity index (χ4v) is 4.80. The van der Waals surface area contributed by atoms with Crippen LogP contribution in [0.4, 0.5) is 0 Å². The van der Waals surface area contributed by atoms with E-state index in [2.05, 4.69) is 47.5 Å². The molecule has 1 aromatic rings. The smallest absolute Gasteiger partial charge is 0.00675 e. The van der Waals surface area contributed by atoms with E-state index in [-0.39, 0.29) is 0 Å². The van der Waals surface area contributed by atoms with Crippen molar-refractivity contribution in [2.75, 3.05) is 26.2 Å². The van der Waals surface area contributed by atoms with E-state index in [4.69, 9.17) is 0 Å². The Bertz CT molecular complexity index is 560. The maximum atomic E-state index is 3.58. The third-order valence-corrected chi connectivity index (χ3v) is 6.31. The zero-order chi connectivity index (χ0) is 15.6. The van der Waals surface area contributed by atoms with E-state index in [0.717, 1.165) is 17.9 Å². The first-order valence-corrected chi connectivity index (χ1v) is 9.55. The summed E-state index contributed by atoms with van der Waals surface area (Å²) in [6.07, 6.45) is 9.07. The Hall–Kier alpha value is -1.12. The highest BCUT2D eigenvalue weighted by Gasteiger charge is 2.32. The second-order valence-corrected chi connectivity index (χ2v) is 7.74. The van der Waals surface area contributed by atoms with E-state index in [1.165, 1.54) is 69.4 Å². The Labute approximate surface area is 141 Å². The van der Waals surface area contributed by atoms with Crippen molar-refractivity contribution in [1.82, 2.24) is 10.2 Å². The van der Waals surface area contributed by atoms with Gasteiger partial charge in [-0.15, -0.1) is 0 Å². The molecule has 2 fully saturated rings. The van der Waals surface area contributed by atoms with Crippen LogP contribution >= 0.6 is 0 Å². The molecule has 0 amide bonds. The molecule has 0 aromatic heterocycles. The Morgan fingerprint density at radius 1 is 1.13 bits per heavy atom. The highest BCUT2D eigenvalue weighted by molar-refractivity contribution is 5.69. The van der Waals surface area contributed by atoms with Gasteiger partial charge in [-0.05, 0) is 74.7 Å². The number of benzene rings is 1. The number of hydrogen-bond donors (Lipinski definition) is 1. The van der Waals surface area contributed by atoms with Crippen LogP contribution in [-0.4, -0.2) is 37.1 Å². The second kappa shape index (κ2) is 6.78. The third kappa shape index (κ3) is 3.25. The van der Waals surface area contributed by atoms with Crippen molar-refractivity contribution in [2.24, 2.45) is 11.8 Å². The summed E-state index contributed by atoms with van der Waals surface area (Å²) in [7, 11) is 0. The molecule has 0 saturated carbocycles. The molecule has 3 atom stereocenters. The van der Waals surface area contributed by atoms with Gasteiger partial charge >= 0.3 is 0 Å². The Balaban J connectivity index is 1.40. The normalized spacial score (nSPS) is 31.2. The number of rotatable bonds is 4. The van der Waals surface area contributed by atoms with Gasteiger partial charge in [0.15, 0.2) is 0 Å². The topological polar surface area (TPSA) is 15.3 Å². The van der Waals surface area contributed by atoms with Crippen molar-refractivity contribution in [3.05, 3.63) is 41.5 Å². The van der Waals surface area contributed by atoms with E-state index in [9.17, 15) is 0 Å². The molecule has 1 unspecified atom stereocenters. The lowest BCUT2D eigenvalue weighted by atomic mass is 9.78. The molecule has 0 spiro atoms. The van der Waals surface area contributed by atoms with E-state index in [0.29, 0.717) is 0 Å². The van der Waals surface area contributed by atoms with Crippen LogP contribution in [0, 0.1) is 11.8 Å². The quantitative estimate of drug-likeness (QED) is 0.911. The number of fused-ring (bicyclic) bond motifs is 1. The van der Waals surface area contributed by atoms with Gasteiger partial charge in [0.05, 0.1) is 0 Å². The van der Waals surface area contributed by atoms with Crippen LogP contribution in [0.1, 0.15) is 43.7 Å². The number of nitrogens with one attached hydrogen (secondary N) is 1. The highest BCUT2D eigenvalue weighted by atomic mass is 15.2. The monoisotopic (exact) mass is 310 g/mol. The predicted octanol–water partition coefficient (Wildman–Crippen LogP) is 3.73. The zero-order valence-electron chi connectivity index (χ0n) is 14.4. The Morgan fingerprint density at radius 3 is 2.78 bits per heavy atom. The molecule has 4 rings (SSSR count). The van der Waals surface area contributed by atoms with Crippen molar-refractivity contribution in [3.8, 4) is 0 Å². The van der Waals surface area contributed by atoms with Crippen molar-refractivity contribution in [2.45, 2.75) is 45.1 Å². The molecule has 1 aromatic carbocycles. The standard InChI is InChI=1S/C21H30N2/c1-16-4-3-12-23(16)13-11-17-7-9-18(10-8-17)20-6-2-5-19-14-22-15-21(19)20/h6-10,16,19,21-22H,2-5,11-15H2,1H3/t16-,19+,21?/m1/s1. The van der Waals surface area contributed by atoms with Crippen LogP contribution in [0.25, 0.3) is 5.57 Å². The summed E-state index contributed by atoms with van der Waals surface area (Å²) in [6.45, 7) is 7.27. The predicted molar refractivity (Wildman–Crippen MR) is 97.5 cm³/mol. The van der Waals surface area contributed by atoms with Crippen LogP contribution < -0.4 is 5.32 Å². The average Bonchev–Trinajstić information content (AvgIpc) is 3.22. The Kier molecular flexibility index (Phi) is 4.54. The number of allylic oxidation sites excluding steroid dienone is 1. The van der Waals surface area contributed by atoms with E-state index < -0.39 is 0 Å². The van der Waals surface area contributed by atoms with Crippen molar-refractivity contribution in [1.29, 1.82) is 0 Å². The average molecular weight is 310 g/mol. The molecule has 3 aliphatic rings. The molecule has 1 N–H and O–H groups in total. The number of nitrogens with zero attached hydrogens (tertiary/aromatic N) is 1. The molecule has 2 heterocycles. The van der Waals surface area contributed by atoms with Crippen LogP contribution in [0.5, 0.6) is 0 Å². The van der Waals surface area contributed by atoms with Gasteiger partial charge in [-0.1, -0.05) is 30.3 Å². The van der Waals surface area contributed by atoms with Gasteiger partial charge in [0, 0.05) is 25.0 Å². The first-order chi connectivity index (χ1) is 11.3. The molecule has 124 valence electrons. The molecular formula is C21H30N2. The minimum atomic E-state index is 0.750. The largest absolute Gasteiger partial charge is 0.316 e. The summed E-state index contributed by atoms with van der Waals surface area (Å²) >= 11 is 0. The van der Waals surface area contributed by atoms with Crippen molar-refractivity contribution >= 4 is 5.57 Å². The summed E-state index contributed by atoms with van der Waals surface area (Å²) in [5.41, 5.74) is 4.55. The minimum absolute atomic E-state index is 0.750. The first kappa shape index (κ1) is 15.4.